The van der Waals surface area contributed by atoms with E-state index < -0.39 is 5.97 Å². The molecule has 1 aromatic carbocycles. The summed E-state index contributed by atoms with van der Waals surface area (Å²) in [5.74, 6) is -0.894. The molecule has 0 aromatic heterocycles. The first-order valence-corrected chi connectivity index (χ1v) is 5.08. The molecule has 0 bridgehead atoms. The number of aliphatic carboxylic acids is 1. The Balaban J connectivity index is 2.24. The molecule has 1 aliphatic heterocycles. The summed E-state index contributed by atoms with van der Waals surface area (Å²) in [6.07, 6.45) is 5.21. The van der Waals surface area contributed by atoms with E-state index in [9.17, 15) is 4.79 Å². The predicted octanol–water partition coefficient (Wildman–Crippen LogP) is 2.20. The van der Waals surface area contributed by atoms with Crippen LogP contribution in [0, 0.1) is 0 Å². The molecule has 0 saturated heterocycles. The summed E-state index contributed by atoms with van der Waals surface area (Å²) >= 11 is 0. The molecule has 1 aliphatic rings. The molecule has 1 unspecified atom stereocenters. The number of benzene rings is 1. The van der Waals surface area contributed by atoms with Crippen LogP contribution in [0.2, 0.25) is 0 Å². The van der Waals surface area contributed by atoms with Gasteiger partial charge in [0.1, 0.15) is 0 Å². The molecule has 0 fully saturated rings. The van der Waals surface area contributed by atoms with E-state index >= 15 is 0 Å². The molecule has 0 radical (unpaired) electrons. The number of rotatable bonds is 2. The van der Waals surface area contributed by atoms with Gasteiger partial charge < -0.3 is 10.0 Å². The van der Waals surface area contributed by atoms with Gasteiger partial charge in [0, 0.05) is 13.2 Å². The van der Waals surface area contributed by atoms with Gasteiger partial charge in [0.15, 0.2) is 0 Å². The average molecular weight is 215 g/mol. The van der Waals surface area contributed by atoms with Crippen LogP contribution in [0.1, 0.15) is 11.6 Å². The van der Waals surface area contributed by atoms with Crippen molar-refractivity contribution in [1.29, 1.82) is 0 Å². The van der Waals surface area contributed by atoms with E-state index in [1.807, 2.05) is 48.4 Å². The van der Waals surface area contributed by atoms with Crippen molar-refractivity contribution >= 4 is 5.97 Å². The second-order valence-electron chi connectivity index (χ2n) is 3.77. The monoisotopic (exact) mass is 215 g/mol. The molecule has 1 heterocycles. The maximum atomic E-state index is 10.8. The number of likely N-dealkylation sites (N-methyl/N-ethyl adjacent to an activating group) is 1. The Morgan fingerprint density at radius 2 is 2.00 bits per heavy atom. The highest BCUT2D eigenvalue weighted by Crippen LogP contribution is 2.25. The van der Waals surface area contributed by atoms with Gasteiger partial charge in [-0.25, -0.2) is 4.79 Å². The topological polar surface area (TPSA) is 40.5 Å². The smallest absolute Gasteiger partial charge is 0.337 e. The molecule has 0 amide bonds. The highest BCUT2D eigenvalue weighted by atomic mass is 16.4. The Bertz CT molecular complexity index is 448. The Morgan fingerprint density at radius 1 is 1.31 bits per heavy atom. The van der Waals surface area contributed by atoms with Gasteiger partial charge in [0.2, 0.25) is 0 Å². The van der Waals surface area contributed by atoms with E-state index in [0.717, 1.165) is 5.56 Å². The van der Waals surface area contributed by atoms with Crippen LogP contribution in [0.3, 0.4) is 0 Å². The summed E-state index contributed by atoms with van der Waals surface area (Å²) in [5, 5.41) is 8.87. The van der Waals surface area contributed by atoms with Crippen LogP contribution in [0.5, 0.6) is 0 Å². The van der Waals surface area contributed by atoms with E-state index in [2.05, 4.69) is 0 Å². The van der Waals surface area contributed by atoms with E-state index in [-0.39, 0.29) is 6.04 Å². The minimum atomic E-state index is -0.894. The molecule has 2 rings (SSSR count). The first-order valence-electron chi connectivity index (χ1n) is 5.08. The number of nitrogens with zero attached hydrogens (tertiary/aromatic N) is 1. The van der Waals surface area contributed by atoms with Crippen molar-refractivity contribution in [1.82, 2.24) is 4.90 Å². The Kier molecular flexibility index (Phi) is 2.77. The van der Waals surface area contributed by atoms with Crippen molar-refractivity contribution in [2.45, 2.75) is 6.04 Å². The van der Waals surface area contributed by atoms with Crippen molar-refractivity contribution in [2.75, 3.05) is 7.05 Å². The second-order valence-corrected chi connectivity index (χ2v) is 3.77. The summed E-state index contributed by atoms with van der Waals surface area (Å²) in [6.45, 7) is 0. The van der Waals surface area contributed by atoms with Crippen molar-refractivity contribution < 1.29 is 9.90 Å². The lowest BCUT2D eigenvalue weighted by Gasteiger charge is -2.27. The lowest BCUT2D eigenvalue weighted by molar-refractivity contribution is -0.132. The van der Waals surface area contributed by atoms with Crippen molar-refractivity contribution in [2.24, 2.45) is 0 Å². The van der Waals surface area contributed by atoms with Crippen LogP contribution in [-0.4, -0.2) is 23.0 Å². The molecule has 1 aromatic rings. The van der Waals surface area contributed by atoms with Crippen LogP contribution in [0.4, 0.5) is 0 Å². The van der Waals surface area contributed by atoms with Crippen molar-refractivity contribution in [3.8, 4) is 0 Å². The molecule has 0 saturated carbocycles. The molecule has 1 N–H and O–H groups in total. The predicted molar refractivity (Wildman–Crippen MR) is 61.8 cm³/mol. The highest BCUT2D eigenvalue weighted by Gasteiger charge is 2.17. The van der Waals surface area contributed by atoms with Crippen LogP contribution in [-0.2, 0) is 4.79 Å². The maximum Gasteiger partial charge on any atom is 0.337 e. The Hall–Kier alpha value is -2.03. The third-order valence-electron chi connectivity index (χ3n) is 2.63. The highest BCUT2D eigenvalue weighted by molar-refractivity contribution is 5.90. The minimum Gasteiger partial charge on any atom is -0.478 e. The van der Waals surface area contributed by atoms with Gasteiger partial charge in [-0.15, -0.1) is 0 Å². The molecular weight excluding hydrogens is 202 g/mol. The van der Waals surface area contributed by atoms with E-state index in [1.54, 1.807) is 12.3 Å². The normalized spacial score (nSPS) is 19.4. The maximum absolute atomic E-state index is 10.8. The van der Waals surface area contributed by atoms with Gasteiger partial charge in [-0.05, 0) is 11.6 Å². The standard InChI is InChI=1S/C13H13NO2/c1-14-9-11(13(15)16)7-8-12(14)10-5-3-2-4-6-10/h2-9,12H,1H3,(H,15,16). The zero-order valence-electron chi connectivity index (χ0n) is 9.00. The minimum absolute atomic E-state index is 0.115. The van der Waals surface area contributed by atoms with Gasteiger partial charge in [0.05, 0.1) is 11.6 Å². The fourth-order valence-electron chi connectivity index (χ4n) is 1.80. The van der Waals surface area contributed by atoms with E-state index in [1.165, 1.54) is 0 Å². The van der Waals surface area contributed by atoms with E-state index in [0.29, 0.717) is 5.57 Å². The molecule has 0 aliphatic carbocycles. The van der Waals surface area contributed by atoms with Crippen molar-refractivity contribution in [3.05, 3.63) is 59.8 Å². The van der Waals surface area contributed by atoms with Crippen LogP contribution in [0.15, 0.2) is 54.3 Å². The summed E-state index contributed by atoms with van der Waals surface area (Å²) in [7, 11) is 1.88. The summed E-state index contributed by atoms with van der Waals surface area (Å²) in [6, 6.07) is 10.1. The van der Waals surface area contributed by atoms with Gasteiger partial charge >= 0.3 is 5.97 Å². The van der Waals surface area contributed by atoms with Gasteiger partial charge in [-0.2, -0.15) is 0 Å². The second kappa shape index (κ2) is 4.23. The molecule has 16 heavy (non-hydrogen) atoms. The lowest BCUT2D eigenvalue weighted by atomic mass is 10.0. The third-order valence-corrected chi connectivity index (χ3v) is 2.63. The zero-order chi connectivity index (χ0) is 11.5. The first-order chi connectivity index (χ1) is 7.68. The molecule has 3 nitrogen and oxygen atoms in total. The molecule has 82 valence electrons. The van der Waals surface area contributed by atoms with Gasteiger partial charge in [0.25, 0.3) is 0 Å². The number of carboxylic acid groups (broad SMARTS) is 1. The van der Waals surface area contributed by atoms with Crippen LogP contribution < -0.4 is 0 Å². The number of hydrogen-bond acceptors (Lipinski definition) is 2. The van der Waals surface area contributed by atoms with Crippen molar-refractivity contribution in [3.63, 3.8) is 0 Å². The zero-order valence-corrected chi connectivity index (χ0v) is 9.00. The first kappa shape index (κ1) is 10.5. The SMILES string of the molecule is CN1C=C(C(=O)O)C=CC1c1ccccc1. The van der Waals surface area contributed by atoms with Crippen LogP contribution >= 0.6 is 0 Å². The molecule has 1 atom stereocenters. The number of hydrogen-bond donors (Lipinski definition) is 1. The Labute approximate surface area is 94.3 Å². The van der Waals surface area contributed by atoms with E-state index in [4.69, 9.17) is 5.11 Å². The van der Waals surface area contributed by atoms with Gasteiger partial charge in [-0.1, -0.05) is 36.4 Å². The number of carboxylic acids is 1. The summed E-state index contributed by atoms with van der Waals surface area (Å²) in [5.41, 5.74) is 1.47. The van der Waals surface area contributed by atoms with Gasteiger partial charge in [-0.3, -0.25) is 0 Å². The molecular formula is C13H13NO2. The Morgan fingerprint density at radius 3 is 2.56 bits per heavy atom. The lowest BCUT2D eigenvalue weighted by Crippen LogP contribution is -2.21. The summed E-state index contributed by atoms with van der Waals surface area (Å²) < 4.78 is 0. The molecule has 0 spiro atoms. The average Bonchev–Trinajstić information content (AvgIpc) is 2.30. The largest absolute Gasteiger partial charge is 0.478 e. The fourth-order valence-corrected chi connectivity index (χ4v) is 1.80. The number of carbonyl (C=O) groups is 1. The molecule has 3 heteroatoms. The van der Waals surface area contributed by atoms with Crippen LogP contribution in [0.25, 0.3) is 0 Å². The third kappa shape index (κ3) is 1.98. The summed E-state index contributed by atoms with van der Waals surface area (Å²) in [4.78, 5) is 12.7. The quantitative estimate of drug-likeness (QED) is 0.822. The fraction of sp³-hybridized carbons (Fsp3) is 0.154.